The van der Waals surface area contributed by atoms with E-state index in [1.54, 1.807) is 18.2 Å². The molecule has 0 saturated carbocycles. The summed E-state index contributed by atoms with van der Waals surface area (Å²) in [6, 6.07) is 12.7. The molecule has 1 aromatic heterocycles. The molecule has 1 amide bonds. The number of anilines is 1. The second-order valence-corrected chi connectivity index (χ2v) is 4.52. The predicted molar refractivity (Wildman–Crippen MR) is 80.1 cm³/mol. The smallest absolute Gasteiger partial charge is 0.274 e. The molecule has 0 aliphatic heterocycles. The van der Waals surface area contributed by atoms with Gasteiger partial charge in [0.1, 0.15) is 5.69 Å². The molecule has 0 saturated heterocycles. The highest BCUT2D eigenvalue weighted by atomic mass is 16.7. The van der Waals surface area contributed by atoms with Crippen LogP contribution in [-0.2, 0) is 9.47 Å². The van der Waals surface area contributed by atoms with Gasteiger partial charge in [-0.2, -0.15) is 0 Å². The molecule has 21 heavy (non-hydrogen) atoms. The molecule has 1 heterocycles. The summed E-state index contributed by atoms with van der Waals surface area (Å²) >= 11 is 0. The maximum atomic E-state index is 12.3. The Morgan fingerprint density at radius 2 is 1.81 bits per heavy atom. The summed E-state index contributed by atoms with van der Waals surface area (Å²) in [6.07, 6.45) is -0.587. The zero-order valence-corrected chi connectivity index (χ0v) is 12.3. The molecule has 5 heteroatoms. The molecule has 1 N–H and O–H groups in total. The van der Waals surface area contributed by atoms with Gasteiger partial charge in [0.25, 0.3) is 5.91 Å². The topological polar surface area (TPSA) is 60.5 Å². The summed E-state index contributed by atoms with van der Waals surface area (Å²) in [7, 11) is 3.05. The van der Waals surface area contributed by atoms with E-state index in [1.165, 1.54) is 14.2 Å². The van der Waals surface area contributed by atoms with Crippen LogP contribution < -0.4 is 5.32 Å². The van der Waals surface area contributed by atoms with Crippen LogP contribution in [-0.4, -0.2) is 25.1 Å². The highest BCUT2D eigenvalue weighted by molar-refractivity contribution is 6.03. The Bertz CT molecular complexity index is 624. The number of benzene rings is 1. The number of amides is 1. The van der Waals surface area contributed by atoms with Gasteiger partial charge in [-0.3, -0.25) is 4.79 Å². The minimum absolute atomic E-state index is 0.267. The number of aryl methyl sites for hydroxylation is 1. The van der Waals surface area contributed by atoms with Crippen LogP contribution in [0.2, 0.25) is 0 Å². The molecule has 2 aromatic rings. The summed E-state index contributed by atoms with van der Waals surface area (Å²) in [5.74, 6) is -0.267. The fraction of sp³-hybridized carbons (Fsp3) is 0.250. The third-order valence-corrected chi connectivity index (χ3v) is 3.07. The Morgan fingerprint density at radius 3 is 2.48 bits per heavy atom. The zero-order chi connectivity index (χ0) is 15.2. The van der Waals surface area contributed by atoms with Gasteiger partial charge in [0.15, 0.2) is 0 Å². The summed E-state index contributed by atoms with van der Waals surface area (Å²) in [4.78, 5) is 16.5. The average molecular weight is 286 g/mol. The summed E-state index contributed by atoms with van der Waals surface area (Å²) in [5.41, 5.74) is 2.63. The lowest BCUT2D eigenvalue weighted by Gasteiger charge is -2.13. The van der Waals surface area contributed by atoms with Crippen molar-refractivity contribution in [2.45, 2.75) is 13.2 Å². The molecule has 0 unspecified atom stereocenters. The van der Waals surface area contributed by atoms with Gasteiger partial charge < -0.3 is 14.8 Å². The Morgan fingerprint density at radius 1 is 1.10 bits per heavy atom. The first kappa shape index (κ1) is 15.2. The van der Waals surface area contributed by atoms with E-state index in [1.807, 2.05) is 31.2 Å². The number of hydrogen-bond donors (Lipinski definition) is 1. The number of para-hydroxylation sites is 1. The van der Waals surface area contributed by atoms with Gasteiger partial charge in [-0.25, -0.2) is 4.98 Å². The molecule has 0 aliphatic carbocycles. The normalized spacial score (nSPS) is 10.7. The van der Waals surface area contributed by atoms with Gasteiger partial charge in [0, 0.05) is 19.9 Å². The molecule has 0 atom stereocenters. The molecule has 0 fully saturated rings. The van der Waals surface area contributed by atoms with E-state index in [0.29, 0.717) is 11.4 Å². The fourth-order valence-corrected chi connectivity index (χ4v) is 1.95. The number of nitrogens with one attached hydrogen (secondary N) is 1. The second kappa shape index (κ2) is 6.97. The monoisotopic (exact) mass is 286 g/mol. The van der Waals surface area contributed by atoms with Crippen LogP contribution >= 0.6 is 0 Å². The van der Waals surface area contributed by atoms with Crippen molar-refractivity contribution in [1.29, 1.82) is 0 Å². The summed E-state index contributed by atoms with van der Waals surface area (Å²) in [6.45, 7) is 1.94. The first-order chi connectivity index (χ1) is 10.2. The van der Waals surface area contributed by atoms with Gasteiger partial charge in [0.2, 0.25) is 6.29 Å². The number of aromatic nitrogens is 1. The Hall–Kier alpha value is -2.24. The maximum absolute atomic E-state index is 12.3. The van der Waals surface area contributed by atoms with E-state index >= 15 is 0 Å². The number of ether oxygens (including phenoxy) is 2. The van der Waals surface area contributed by atoms with Crippen LogP contribution in [0.5, 0.6) is 0 Å². The standard InChI is InChI=1S/C16H18N2O3/c1-11-7-4-5-8-12(11)18-15(19)13-9-6-10-14(17-13)16(20-2)21-3/h4-10,16H,1-3H3,(H,18,19). The number of methoxy groups -OCH3 is 2. The summed E-state index contributed by atoms with van der Waals surface area (Å²) < 4.78 is 10.3. The highest BCUT2D eigenvalue weighted by Gasteiger charge is 2.14. The number of rotatable bonds is 5. The Balaban J connectivity index is 2.20. The van der Waals surface area contributed by atoms with Crippen LogP contribution in [0.3, 0.4) is 0 Å². The average Bonchev–Trinajstić information content (AvgIpc) is 2.51. The Kier molecular flexibility index (Phi) is 5.03. The third-order valence-electron chi connectivity index (χ3n) is 3.07. The minimum atomic E-state index is -0.587. The number of nitrogens with zero attached hydrogens (tertiary/aromatic N) is 1. The van der Waals surface area contributed by atoms with Crippen LogP contribution in [0, 0.1) is 6.92 Å². The van der Waals surface area contributed by atoms with Gasteiger partial charge in [-0.1, -0.05) is 24.3 Å². The number of carbonyl (C=O) groups is 1. The predicted octanol–water partition coefficient (Wildman–Crippen LogP) is 2.93. The van der Waals surface area contributed by atoms with Crippen molar-refractivity contribution in [3.05, 3.63) is 59.4 Å². The van der Waals surface area contributed by atoms with Gasteiger partial charge in [-0.05, 0) is 30.7 Å². The zero-order valence-electron chi connectivity index (χ0n) is 12.3. The van der Waals surface area contributed by atoms with Crippen LogP contribution in [0.15, 0.2) is 42.5 Å². The molecule has 0 radical (unpaired) electrons. The molecular formula is C16H18N2O3. The fourth-order valence-electron chi connectivity index (χ4n) is 1.95. The van der Waals surface area contributed by atoms with Crippen LogP contribution in [0.1, 0.15) is 28.0 Å². The molecule has 0 spiro atoms. The van der Waals surface area contributed by atoms with E-state index in [2.05, 4.69) is 10.3 Å². The first-order valence-corrected chi connectivity index (χ1v) is 6.55. The van der Waals surface area contributed by atoms with Crippen molar-refractivity contribution in [3.63, 3.8) is 0 Å². The lowest BCUT2D eigenvalue weighted by Crippen LogP contribution is -2.16. The largest absolute Gasteiger partial charge is 0.350 e. The van der Waals surface area contributed by atoms with Gasteiger partial charge in [-0.15, -0.1) is 0 Å². The van der Waals surface area contributed by atoms with Crippen molar-refractivity contribution in [1.82, 2.24) is 4.98 Å². The van der Waals surface area contributed by atoms with E-state index in [-0.39, 0.29) is 5.91 Å². The van der Waals surface area contributed by atoms with Crippen molar-refractivity contribution in [3.8, 4) is 0 Å². The van der Waals surface area contributed by atoms with Gasteiger partial charge in [0.05, 0.1) is 5.69 Å². The van der Waals surface area contributed by atoms with Crippen molar-refractivity contribution in [2.75, 3.05) is 19.5 Å². The van der Waals surface area contributed by atoms with Gasteiger partial charge >= 0.3 is 0 Å². The third kappa shape index (κ3) is 3.65. The van der Waals surface area contributed by atoms with Crippen LogP contribution in [0.4, 0.5) is 5.69 Å². The molecule has 1 aromatic carbocycles. The number of hydrogen-bond acceptors (Lipinski definition) is 4. The lowest BCUT2D eigenvalue weighted by atomic mass is 10.2. The summed E-state index contributed by atoms with van der Waals surface area (Å²) in [5, 5.41) is 2.85. The molecular weight excluding hydrogens is 268 g/mol. The van der Waals surface area contributed by atoms with E-state index in [9.17, 15) is 4.79 Å². The number of carbonyl (C=O) groups excluding carboxylic acids is 1. The lowest BCUT2D eigenvalue weighted by molar-refractivity contribution is -0.108. The van der Waals surface area contributed by atoms with Crippen LogP contribution in [0.25, 0.3) is 0 Å². The molecule has 110 valence electrons. The quantitative estimate of drug-likeness (QED) is 0.858. The van der Waals surface area contributed by atoms with E-state index in [0.717, 1.165) is 11.3 Å². The molecule has 5 nitrogen and oxygen atoms in total. The Labute approximate surface area is 123 Å². The SMILES string of the molecule is COC(OC)c1cccc(C(=O)Nc2ccccc2C)n1. The van der Waals surface area contributed by atoms with E-state index in [4.69, 9.17) is 9.47 Å². The van der Waals surface area contributed by atoms with Crippen molar-refractivity contribution < 1.29 is 14.3 Å². The molecule has 2 rings (SSSR count). The number of pyridine rings is 1. The van der Waals surface area contributed by atoms with Crippen molar-refractivity contribution >= 4 is 11.6 Å². The molecule has 0 aliphatic rings. The maximum Gasteiger partial charge on any atom is 0.274 e. The van der Waals surface area contributed by atoms with Crippen molar-refractivity contribution in [2.24, 2.45) is 0 Å². The first-order valence-electron chi connectivity index (χ1n) is 6.55. The molecule has 0 bridgehead atoms. The minimum Gasteiger partial charge on any atom is -0.350 e. The second-order valence-electron chi connectivity index (χ2n) is 4.52. The van der Waals surface area contributed by atoms with E-state index < -0.39 is 6.29 Å². The highest BCUT2D eigenvalue weighted by Crippen LogP contribution is 2.17.